The first-order valence-corrected chi connectivity index (χ1v) is 9.48. The zero-order valence-corrected chi connectivity index (χ0v) is 15.6. The monoisotopic (exact) mass is 362 g/mol. The van der Waals surface area contributed by atoms with E-state index in [0.29, 0.717) is 13.0 Å². The van der Waals surface area contributed by atoms with Crippen LogP contribution in [-0.4, -0.2) is 51.5 Å². The molecule has 0 saturated carbocycles. The van der Waals surface area contributed by atoms with Crippen LogP contribution < -0.4 is 0 Å². The summed E-state index contributed by atoms with van der Waals surface area (Å²) in [7, 11) is 2.20. The number of aliphatic hydroxyl groups is 1. The predicted molar refractivity (Wildman–Crippen MR) is 99.9 cm³/mol. The van der Waals surface area contributed by atoms with Gasteiger partial charge in [-0.05, 0) is 56.5 Å². The Bertz CT molecular complexity index is 688. The SMILES string of the molecule is CN1CCC[C@@H](CCc2nc(Cc3cccc(Cl)c3)nn2CCO)C1. The summed E-state index contributed by atoms with van der Waals surface area (Å²) < 4.78 is 1.87. The third kappa shape index (κ3) is 5.27. The molecule has 136 valence electrons. The van der Waals surface area contributed by atoms with Gasteiger partial charge in [0.25, 0.3) is 0 Å². The lowest BCUT2D eigenvalue weighted by molar-refractivity contribution is 0.201. The maximum atomic E-state index is 9.32. The number of aromatic nitrogens is 3. The molecule has 6 heteroatoms. The van der Waals surface area contributed by atoms with E-state index >= 15 is 0 Å². The molecule has 1 N–H and O–H groups in total. The summed E-state index contributed by atoms with van der Waals surface area (Å²) in [5.41, 5.74) is 1.11. The largest absolute Gasteiger partial charge is 0.394 e. The second-order valence-corrected chi connectivity index (χ2v) is 7.44. The molecule has 1 aromatic carbocycles. The van der Waals surface area contributed by atoms with E-state index in [2.05, 4.69) is 17.0 Å². The fourth-order valence-corrected chi connectivity index (χ4v) is 3.84. The standard InChI is InChI=1S/C19H27ClN4O/c1-23-9-3-5-15(14-23)7-8-19-21-18(22-24(19)10-11-25)13-16-4-2-6-17(20)12-16/h2,4,6,12,15,25H,3,5,7-11,13-14H2,1H3/t15-/m0/s1. The van der Waals surface area contributed by atoms with E-state index in [1.165, 1.54) is 25.9 Å². The zero-order chi connectivity index (χ0) is 17.6. The van der Waals surface area contributed by atoms with Gasteiger partial charge in [-0.1, -0.05) is 23.7 Å². The summed E-state index contributed by atoms with van der Waals surface area (Å²) >= 11 is 6.06. The average Bonchev–Trinajstić information content (AvgIpc) is 2.95. The molecule has 5 nitrogen and oxygen atoms in total. The molecule has 0 spiro atoms. The Hall–Kier alpha value is -1.43. The van der Waals surface area contributed by atoms with Crippen LogP contribution in [0.3, 0.4) is 0 Å². The molecule has 2 heterocycles. The molecule has 2 aromatic rings. The molecule has 1 aliphatic rings. The lowest BCUT2D eigenvalue weighted by Gasteiger charge is -2.29. The van der Waals surface area contributed by atoms with E-state index in [1.807, 2.05) is 28.9 Å². The van der Waals surface area contributed by atoms with E-state index in [9.17, 15) is 5.11 Å². The molecule has 0 bridgehead atoms. The Morgan fingerprint density at radius 2 is 2.24 bits per heavy atom. The Balaban J connectivity index is 1.66. The van der Waals surface area contributed by atoms with Crippen molar-refractivity contribution >= 4 is 11.6 Å². The molecule has 1 fully saturated rings. The number of rotatable bonds is 7. The first-order chi connectivity index (χ1) is 12.1. The topological polar surface area (TPSA) is 54.2 Å². The van der Waals surface area contributed by atoms with Crippen LogP contribution in [0.15, 0.2) is 24.3 Å². The number of piperidine rings is 1. The Kier molecular flexibility index (Phi) is 6.45. The molecule has 0 amide bonds. The lowest BCUT2D eigenvalue weighted by Crippen LogP contribution is -2.32. The summed E-state index contributed by atoms with van der Waals surface area (Å²) in [5, 5.41) is 14.6. The third-order valence-corrected chi connectivity index (χ3v) is 5.09. The van der Waals surface area contributed by atoms with Crippen molar-refractivity contribution in [3.8, 4) is 0 Å². The summed E-state index contributed by atoms with van der Waals surface area (Å²) in [6.07, 6.45) is 5.29. The maximum Gasteiger partial charge on any atom is 0.155 e. The maximum absolute atomic E-state index is 9.32. The summed E-state index contributed by atoms with van der Waals surface area (Å²) in [6, 6.07) is 7.81. The third-order valence-electron chi connectivity index (χ3n) is 4.85. The van der Waals surface area contributed by atoms with Gasteiger partial charge in [0, 0.05) is 24.4 Å². The van der Waals surface area contributed by atoms with Crippen LogP contribution in [0.5, 0.6) is 0 Å². The van der Waals surface area contributed by atoms with Crippen LogP contribution in [0, 0.1) is 5.92 Å². The second-order valence-electron chi connectivity index (χ2n) is 7.01. The van der Waals surface area contributed by atoms with Crippen molar-refractivity contribution in [3.05, 3.63) is 46.5 Å². The van der Waals surface area contributed by atoms with Crippen molar-refractivity contribution in [1.29, 1.82) is 0 Å². The van der Waals surface area contributed by atoms with Gasteiger partial charge in [-0.15, -0.1) is 0 Å². The number of aliphatic hydroxyl groups excluding tert-OH is 1. The Labute approximate surface area is 154 Å². The first kappa shape index (κ1) is 18.4. The predicted octanol–water partition coefficient (Wildman–Crippen LogP) is 2.79. The minimum Gasteiger partial charge on any atom is -0.394 e. The van der Waals surface area contributed by atoms with Crippen molar-refractivity contribution in [3.63, 3.8) is 0 Å². The van der Waals surface area contributed by atoms with Crippen LogP contribution in [0.4, 0.5) is 0 Å². The normalized spacial score (nSPS) is 18.6. The van der Waals surface area contributed by atoms with Crippen LogP contribution in [0.2, 0.25) is 5.02 Å². The van der Waals surface area contributed by atoms with Crippen molar-refractivity contribution in [2.75, 3.05) is 26.7 Å². The highest BCUT2D eigenvalue weighted by Crippen LogP contribution is 2.20. The van der Waals surface area contributed by atoms with E-state index in [4.69, 9.17) is 16.6 Å². The number of halogens is 1. The van der Waals surface area contributed by atoms with Gasteiger partial charge in [-0.2, -0.15) is 5.10 Å². The van der Waals surface area contributed by atoms with Gasteiger partial charge < -0.3 is 10.0 Å². The van der Waals surface area contributed by atoms with E-state index in [1.54, 1.807) is 0 Å². The van der Waals surface area contributed by atoms with Gasteiger partial charge in [0.15, 0.2) is 5.82 Å². The van der Waals surface area contributed by atoms with Gasteiger partial charge in [-0.3, -0.25) is 0 Å². The number of nitrogens with zero attached hydrogens (tertiary/aromatic N) is 4. The number of benzene rings is 1. The van der Waals surface area contributed by atoms with Crippen molar-refractivity contribution in [1.82, 2.24) is 19.7 Å². The smallest absolute Gasteiger partial charge is 0.155 e. The van der Waals surface area contributed by atoms with Gasteiger partial charge in [0.2, 0.25) is 0 Å². The molecular formula is C19H27ClN4O. The Morgan fingerprint density at radius 3 is 3.00 bits per heavy atom. The average molecular weight is 363 g/mol. The highest BCUT2D eigenvalue weighted by molar-refractivity contribution is 6.30. The summed E-state index contributed by atoms with van der Waals surface area (Å²) in [6.45, 7) is 2.96. The van der Waals surface area contributed by atoms with Crippen molar-refractivity contribution in [2.45, 2.75) is 38.6 Å². The molecule has 0 radical (unpaired) electrons. The molecule has 1 aliphatic heterocycles. The highest BCUT2D eigenvalue weighted by atomic mass is 35.5. The van der Waals surface area contributed by atoms with E-state index in [0.717, 1.165) is 41.0 Å². The molecule has 1 atom stereocenters. The van der Waals surface area contributed by atoms with Gasteiger partial charge in [-0.25, -0.2) is 9.67 Å². The summed E-state index contributed by atoms with van der Waals surface area (Å²) in [5.74, 6) is 2.51. The fourth-order valence-electron chi connectivity index (χ4n) is 3.63. The Morgan fingerprint density at radius 1 is 1.36 bits per heavy atom. The molecule has 1 saturated heterocycles. The number of hydrogen-bond acceptors (Lipinski definition) is 4. The van der Waals surface area contributed by atoms with Gasteiger partial charge >= 0.3 is 0 Å². The fraction of sp³-hybridized carbons (Fsp3) is 0.579. The van der Waals surface area contributed by atoms with Crippen LogP contribution in [0.1, 0.15) is 36.5 Å². The highest BCUT2D eigenvalue weighted by Gasteiger charge is 2.18. The van der Waals surface area contributed by atoms with Crippen LogP contribution in [0.25, 0.3) is 0 Å². The van der Waals surface area contributed by atoms with Crippen LogP contribution >= 0.6 is 11.6 Å². The zero-order valence-electron chi connectivity index (χ0n) is 14.9. The molecule has 1 aromatic heterocycles. The minimum absolute atomic E-state index is 0.0825. The number of aryl methyl sites for hydroxylation is 1. The lowest BCUT2D eigenvalue weighted by atomic mass is 9.93. The van der Waals surface area contributed by atoms with Gasteiger partial charge in [0.05, 0.1) is 13.2 Å². The first-order valence-electron chi connectivity index (χ1n) is 9.10. The van der Waals surface area contributed by atoms with E-state index in [-0.39, 0.29) is 6.61 Å². The van der Waals surface area contributed by atoms with E-state index < -0.39 is 0 Å². The molecule has 25 heavy (non-hydrogen) atoms. The second kappa shape index (κ2) is 8.79. The minimum atomic E-state index is 0.0825. The van der Waals surface area contributed by atoms with Crippen LogP contribution in [-0.2, 0) is 19.4 Å². The molecule has 3 rings (SSSR count). The molecular weight excluding hydrogens is 336 g/mol. The van der Waals surface area contributed by atoms with Crippen molar-refractivity contribution in [2.24, 2.45) is 5.92 Å². The quantitative estimate of drug-likeness (QED) is 0.822. The number of likely N-dealkylation sites (tertiary alicyclic amines) is 1. The number of hydrogen-bond donors (Lipinski definition) is 1. The van der Waals surface area contributed by atoms with Crippen molar-refractivity contribution < 1.29 is 5.11 Å². The van der Waals surface area contributed by atoms with Gasteiger partial charge in [0.1, 0.15) is 5.82 Å². The molecule has 0 aliphatic carbocycles. The molecule has 0 unspecified atom stereocenters. The summed E-state index contributed by atoms with van der Waals surface area (Å²) in [4.78, 5) is 7.16.